The van der Waals surface area contributed by atoms with Gasteiger partial charge < -0.3 is 14.6 Å². The van der Waals surface area contributed by atoms with Crippen LogP contribution in [0.4, 0.5) is 5.69 Å². The molecule has 180 valence electrons. The first-order valence-corrected chi connectivity index (χ1v) is 12.2. The molecular formula is C28H27N7O. The molecule has 2 aliphatic rings. The van der Waals surface area contributed by atoms with Crippen molar-refractivity contribution in [3.63, 3.8) is 0 Å². The van der Waals surface area contributed by atoms with E-state index in [9.17, 15) is 5.11 Å². The Morgan fingerprint density at radius 2 is 2.03 bits per heavy atom. The minimum Gasteiger partial charge on any atom is -0.390 e. The van der Waals surface area contributed by atoms with Crippen molar-refractivity contribution in [1.82, 2.24) is 19.3 Å². The summed E-state index contributed by atoms with van der Waals surface area (Å²) in [6, 6.07) is 18.7. The third-order valence-electron chi connectivity index (χ3n) is 7.18. The number of aromatic nitrogens is 4. The van der Waals surface area contributed by atoms with Crippen LogP contribution < -0.4 is 4.90 Å². The molecule has 4 aromatic rings. The van der Waals surface area contributed by atoms with Crippen molar-refractivity contribution in [2.45, 2.75) is 19.9 Å². The first-order valence-electron chi connectivity index (χ1n) is 12.2. The highest BCUT2D eigenvalue weighted by molar-refractivity contribution is 5.82. The van der Waals surface area contributed by atoms with Crippen molar-refractivity contribution < 1.29 is 5.11 Å². The zero-order valence-corrected chi connectivity index (χ0v) is 20.2. The fraction of sp³-hybridized carbons (Fsp3) is 0.286. The molecule has 1 fully saturated rings. The number of aliphatic imine (C=N–C) groups is 1. The molecule has 8 nitrogen and oxygen atoms in total. The summed E-state index contributed by atoms with van der Waals surface area (Å²) in [4.78, 5) is 6.96. The number of hydrogen-bond acceptors (Lipinski definition) is 6. The monoisotopic (exact) mass is 477 g/mol. The summed E-state index contributed by atoms with van der Waals surface area (Å²) in [7, 11) is 0. The van der Waals surface area contributed by atoms with Crippen molar-refractivity contribution in [2.24, 2.45) is 10.9 Å². The molecule has 0 unspecified atom stereocenters. The summed E-state index contributed by atoms with van der Waals surface area (Å²) in [5.41, 5.74) is 8.15. The number of hydrogen-bond donors (Lipinski definition) is 1. The van der Waals surface area contributed by atoms with E-state index in [0.29, 0.717) is 11.5 Å². The summed E-state index contributed by atoms with van der Waals surface area (Å²) >= 11 is 0. The molecule has 0 spiro atoms. The smallest absolute Gasteiger partial charge is 0.185 e. The molecular weight excluding hydrogens is 450 g/mol. The van der Waals surface area contributed by atoms with E-state index in [2.05, 4.69) is 65.8 Å². The lowest BCUT2D eigenvalue weighted by molar-refractivity contribution is 0.356. The number of nitriles is 1. The van der Waals surface area contributed by atoms with Crippen molar-refractivity contribution in [1.29, 1.82) is 5.26 Å². The van der Waals surface area contributed by atoms with E-state index in [1.165, 1.54) is 11.3 Å². The van der Waals surface area contributed by atoms with Crippen LogP contribution in [0, 0.1) is 17.2 Å². The fourth-order valence-corrected chi connectivity index (χ4v) is 5.17. The third kappa shape index (κ3) is 3.97. The Morgan fingerprint density at radius 1 is 1.17 bits per heavy atom. The molecule has 2 aliphatic heterocycles. The van der Waals surface area contributed by atoms with Gasteiger partial charge in [0, 0.05) is 49.3 Å². The van der Waals surface area contributed by atoms with Crippen LogP contribution in [-0.2, 0) is 6.54 Å². The summed E-state index contributed by atoms with van der Waals surface area (Å²) in [5, 5.41) is 27.0. The predicted octanol–water partition coefficient (Wildman–Crippen LogP) is 3.92. The maximum atomic E-state index is 9.22. The van der Waals surface area contributed by atoms with Gasteiger partial charge in [0.1, 0.15) is 6.33 Å². The highest BCUT2D eigenvalue weighted by Crippen LogP contribution is 2.35. The molecule has 0 saturated carbocycles. The van der Waals surface area contributed by atoms with Crippen molar-refractivity contribution in [2.75, 3.05) is 31.1 Å². The second kappa shape index (κ2) is 9.10. The first-order chi connectivity index (χ1) is 17.6. The summed E-state index contributed by atoms with van der Waals surface area (Å²) < 4.78 is 4.31. The molecule has 2 aromatic carbocycles. The number of benzene rings is 2. The Balaban J connectivity index is 1.31. The fourth-order valence-electron chi connectivity index (χ4n) is 5.17. The van der Waals surface area contributed by atoms with E-state index >= 15 is 0 Å². The normalized spacial score (nSPS) is 16.8. The minimum atomic E-state index is 0.0284. The SMILES string of the molecule is C/C(CO)=N/C[C@H]1CCN(c2ccc3c(c2)Cn2cc(-c4ccc(C#N)cc4)cc2-c2nncn2-3)C1. The maximum Gasteiger partial charge on any atom is 0.185 e. The van der Waals surface area contributed by atoms with Gasteiger partial charge in [0.05, 0.1) is 29.6 Å². The number of aliphatic hydroxyl groups excluding tert-OH is 1. The molecule has 0 aliphatic carbocycles. The van der Waals surface area contributed by atoms with Crippen molar-refractivity contribution in [3.8, 4) is 34.4 Å². The number of aliphatic hydroxyl groups is 1. The Bertz CT molecular complexity index is 1490. The van der Waals surface area contributed by atoms with Gasteiger partial charge >= 0.3 is 0 Å². The zero-order chi connectivity index (χ0) is 24.6. The average molecular weight is 478 g/mol. The van der Waals surface area contributed by atoms with Gasteiger partial charge in [-0.1, -0.05) is 12.1 Å². The van der Waals surface area contributed by atoms with Crippen molar-refractivity contribution >= 4 is 11.4 Å². The zero-order valence-electron chi connectivity index (χ0n) is 20.2. The predicted molar refractivity (Wildman–Crippen MR) is 139 cm³/mol. The van der Waals surface area contributed by atoms with Gasteiger partial charge in [0.2, 0.25) is 0 Å². The molecule has 4 heterocycles. The Kier molecular flexibility index (Phi) is 5.62. The third-order valence-corrected chi connectivity index (χ3v) is 7.18. The summed E-state index contributed by atoms with van der Waals surface area (Å²) in [6.07, 6.45) is 5.04. The van der Waals surface area contributed by atoms with Gasteiger partial charge in [0.15, 0.2) is 5.82 Å². The highest BCUT2D eigenvalue weighted by Gasteiger charge is 2.26. The maximum absolute atomic E-state index is 9.22. The quantitative estimate of drug-likeness (QED) is 0.387. The van der Waals surface area contributed by atoms with Crippen LogP contribution in [0.5, 0.6) is 0 Å². The number of anilines is 1. The van der Waals surface area contributed by atoms with Gasteiger partial charge in [-0.3, -0.25) is 9.56 Å². The molecule has 1 atom stereocenters. The molecule has 36 heavy (non-hydrogen) atoms. The van der Waals surface area contributed by atoms with E-state index in [0.717, 1.165) is 66.6 Å². The largest absolute Gasteiger partial charge is 0.390 e. The van der Waals surface area contributed by atoms with Crippen LogP contribution in [0.3, 0.4) is 0 Å². The topological polar surface area (TPSA) is 95.3 Å². The standard InChI is InChI=1S/C28H27N7O/c1-19(17-36)30-13-21-8-9-33(14-21)25-6-7-26-24(10-25)16-34-15-23(22-4-2-20(12-29)3-5-22)11-27(34)28-32-31-18-35(26)28/h2-7,10-11,15,18,21,36H,8-9,13-14,16-17H2,1H3/b30-19-/t21-/m1/s1. The van der Waals surface area contributed by atoms with E-state index in [1.54, 1.807) is 6.33 Å². The lowest BCUT2D eigenvalue weighted by Gasteiger charge is -2.21. The molecule has 6 rings (SSSR count). The Morgan fingerprint density at radius 3 is 2.83 bits per heavy atom. The van der Waals surface area contributed by atoms with Crippen LogP contribution in [0.1, 0.15) is 24.5 Å². The van der Waals surface area contributed by atoms with Gasteiger partial charge in [-0.15, -0.1) is 10.2 Å². The highest BCUT2D eigenvalue weighted by atomic mass is 16.3. The minimum absolute atomic E-state index is 0.0284. The average Bonchev–Trinajstić information content (AvgIpc) is 3.66. The van der Waals surface area contributed by atoms with Crippen LogP contribution in [0.15, 0.2) is 66.0 Å². The van der Waals surface area contributed by atoms with E-state index in [1.807, 2.05) is 31.2 Å². The molecule has 0 bridgehead atoms. The lowest BCUT2D eigenvalue weighted by Crippen LogP contribution is -2.21. The second-order valence-corrected chi connectivity index (χ2v) is 9.60. The summed E-state index contributed by atoms with van der Waals surface area (Å²) in [6.45, 7) is 5.38. The van der Waals surface area contributed by atoms with Gasteiger partial charge in [-0.2, -0.15) is 5.26 Å². The van der Waals surface area contributed by atoms with Crippen LogP contribution in [-0.4, -0.2) is 56.4 Å². The van der Waals surface area contributed by atoms with Crippen LogP contribution in [0.25, 0.3) is 28.3 Å². The van der Waals surface area contributed by atoms with Crippen LogP contribution in [0.2, 0.25) is 0 Å². The molecule has 1 saturated heterocycles. The lowest BCUT2D eigenvalue weighted by atomic mass is 10.1. The van der Waals surface area contributed by atoms with Gasteiger partial charge in [-0.25, -0.2) is 0 Å². The van der Waals surface area contributed by atoms with Crippen LogP contribution >= 0.6 is 0 Å². The van der Waals surface area contributed by atoms with Gasteiger partial charge in [0.25, 0.3) is 0 Å². The Labute approximate surface area is 209 Å². The molecule has 8 heteroatoms. The first kappa shape index (κ1) is 22.3. The van der Waals surface area contributed by atoms with Gasteiger partial charge in [-0.05, 0) is 66.8 Å². The summed E-state index contributed by atoms with van der Waals surface area (Å²) in [5.74, 6) is 1.32. The second-order valence-electron chi connectivity index (χ2n) is 9.60. The van der Waals surface area contributed by atoms with E-state index < -0.39 is 0 Å². The number of rotatable bonds is 5. The molecule has 0 radical (unpaired) electrons. The van der Waals surface area contributed by atoms with E-state index in [-0.39, 0.29) is 6.61 Å². The molecule has 2 aromatic heterocycles. The number of fused-ring (bicyclic) bond motifs is 5. The molecule has 1 N–H and O–H groups in total. The molecule has 0 amide bonds. The Hall–Kier alpha value is -4.22. The number of nitrogens with zero attached hydrogens (tertiary/aromatic N) is 7. The van der Waals surface area contributed by atoms with E-state index in [4.69, 9.17) is 5.26 Å². The van der Waals surface area contributed by atoms with Crippen molar-refractivity contribution in [3.05, 3.63) is 72.2 Å².